The van der Waals surface area contributed by atoms with Crippen LogP contribution in [-0.4, -0.2) is 10.1 Å². The van der Waals surface area contributed by atoms with Gasteiger partial charge in [0.1, 0.15) is 17.3 Å². The van der Waals surface area contributed by atoms with E-state index in [1.807, 2.05) is 79.9 Å². The Morgan fingerprint density at radius 2 is 1.89 bits per heavy atom. The molecular formula is C22H19BrN3O+. The molecule has 0 amide bonds. The van der Waals surface area contributed by atoms with Crippen LogP contribution < -0.4 is 10.3 Å². The number of rotatable bonds is 4. The Balaban J connectivity index is 1.87. The second-order valence-corrected chi connectivity index (χ2v) is 7.35. The number of halogens is 1. The van der Waals surface area contributed by atoms with Gasteiger partial charge in [0.05, 0.1) is 6.20 Å². The lowest BCUT2D eigenvalue weighted by Crippen LogP contribution is -2.19. The fraction of sp³-hybridized carbons (Fsp3) is 0.0909. The first kappa shape index (κ1) is 17.5. The van der Waals surface area contributed by atoms with Crippen molar-refractivity contribution in [1.82, 2.24) is 4.98 Å². The average molecular weight is 421 g/mol. The van der Waals surface area contributed by atoms with Gasteiger partial charge in [-0.2, -0.15) is 0 Å². The van der Waals surface area contributed by atoms with E-state index < -0.39 is 0 Å². The molecule has 3 N–H and O–H groups in total. The third-order valence-corrected chi connectivity index (χ3v) is 5.00. The van der Waals surface area contributed by atoms with E-state index in [9.17, 15) is 5.11 Å². The van der Waals surface area contributed by atoms with Gasteiger partial charge in [-0.3, -0.25) is 5.32 Å². The maximum atomic E-state index is 11.0. The van der Waals surface area contributed by atoms with Crippen LogP contribution in [0.4, 0.5) is 5.82 Å². The number of anilines is 1. The zero-order valence-corrected chi connectivity index (χ0v) is 16.4. The molecule has 0 fully saturated rings. The number of pyridine rings is 2. The lowest BCUT2D eigenvalue weighted by molar-refractivity contribution is -0.361. The molecule has 0 spiro atoms. The van der Waals surface area contributed by atoms with Crippen molar-refractivity contribution in [3.63, 3.8) is 0 Å². The Morgan fingerprint density at radius 3 is 2.67 bits per heavy atom. The molecule has 0 aliphatic rings. The standard InChI is InChI=1S/C22H18BrN3O/c1-14-8-9-15-10-11-18(22(27)21(15)25-14)20(16-5-4-6-17(23)13-16)26-19-7-2-3-12-24-19/h2-13,20,27H,1H3,(H,24,26)/p+1/t20-/m1/s1. The molecule has 2 aromatic heterocycles. The molecule has 27 heavy (non-hydrogen) atoms. The van der Waals surface area contributed by atoms with E-state index in [-0.39, 0.29) is 11.8 Å². The normalized spacial score (nSPS) is 12.1. The number of nitrogens with zero attached hydrogens (tertiary/aromatic N) is 1. The molecule has 1 atom stereocenters. The van der Waals surface area contributed by atoms with Crippen molar-refractivity contribution < 1.29 is 10.1 Å². The smallest absolute Gasteiger partial charge is 0.272 e. The van der Waals surface area contributed by atoms with Gasteiger partial charge >= 0.3 is 0 Å². The summed E-state index contributed by atoms with van der Waals surface area (Å²) >= 11 is 3.55. The summed E-state index contributed by atoms with van der Waals surface area (Å²) < 4.78 is 0.984. The molecule has 4 rings (SSSR count). The number of aromatic nitrogens is 2. The second kappa shape index (κ2) is 7.37. The van der Waals surface area contributed by atoms with Gasteiger partial charge in [0, 0.05) is 32.7 Å². The molecule has 5 heteroatoms. The van der Waals surface area contributed by atoms with E-state index in [0.29, 0.717) is 5.52 Å². The highest BCUT2D eigenvalue weighted by molar-refractivity contribution is 9.10. The third kappa shape index (κ3) is 3.64. The number of benzene rings is 2. The van der Waals surface area contributed by atoms with Crippen LogP contribution in [0, 0.1) is 6.92 Å². The molecule has 2 aromatic carbocycles. The number of fused-ring (bicyclic) bond motifs is 1. The highest BCUT2D eigenvalue weighted by Crippen LogP contribution is 2.36. The molecule has 4 nitrogen and oxygen atoms in total. The van der Waals surface area contributed by atoms with Crippen molar-refractivity contribution in [2.45, 2.75) is 13.0 Å². The Hall–Kier alpha value is -2.92. The van der Waals surface area contributed by atoms with E-state index in [4.69, 9.17) is 0 Å². The number of aromatic hydroxyl groups is 1. The van der Waals surface area contributed by atoms with Crippen LogP contribution in [-0.2, 0) is 0 Å². The number of nitrogens with one attached hydrogen (secondary N) is 2. The average Bonchev–Trinajstić information content (AvgIpc) is 2.68. The number of phenols is 1. The van der Waals surface area contributed by atoms with Gasteiger partial charge in [-0.25, -0.2) is 9.97 Å². The summed E-state index contributed by atoms with van der Waals surface area (Å²) in [6.07, 6.45) is 1.87. The van der Waals surface area contributed by atoms with E-state index in [1.165, 1.54) is 0 Å². The minimum atomic E-state index is -0.243. The van der Waals surface area contributed by atoms with Crippen molar-refractivity contribution in [3.05, 3.63) is 94.2 Å². The molecule has 4 aromatic rings. The van der Waals surface area contributed by atoms with Crippen molar-refractivity contribution in [2.75, 3.05) is 5.32 Å². The lowest BCUT2D eigenvalue weighted by Gasteiger charge is -2.18. The Kier molecular flexibility index (Phi) is 4.77. The lowest BCUT2D eigenvalue weighted by atomic mass is 9.96. The first-order chi connectivity index (χ1) is 13.1. The van der Waals surface area contributed by atoms with E-state index in [0.717, 1.165) is 32.5 Å². The van der Waals surface area contributed by atoms with Gasteiger partial charge in [0.15, 0.2) is 0 Å². The minimum absolute atomic E-state index is 0.199. The first-order valence-electron chi connectivity index (χ1n) is 8.70. The highest BCUT2D eigenvalue weighted by atomic mass is 79.9. The van der Waals surface area contributed by atoms with Gasteiger partial charge in [-0.1, -0.05) is 46.3 Å². The fourth-order valence-corrected chi connectivity index (χ4v) is 3.60. The minimum Gasteiger partial charge on any atom is -0.505 e. The fourth-order valence-electron chi connectivity index (χ4n) is 3.19. The number of hydrogen-bond acceptors (Lipinski definition) is 3. The summed E-state index contributed by atoms with van der Waals surface area (Å²) in [6, 6.07) is 21.6. The molecule has 0 saturated carbocycles. The maximum absolute atomic E-state index is 11.0. The molecule has 134 valence electrons. The largest absolute Gasteiger partial charge is 0.505 e. The molecular weight excluding hydrogens is 402 g/mol. The van der Waals surface area contributed by atoms with Gasteiger partial charge in [-0.05, 0) is 37.3 Å². The van der Waals surface area contributed by atoms with Gasteiger partial charge in [0.2, 0.25) is 0 Å². The number of phenolic OH excluding ortho intramolecular Hbond substituents is 1. The van der Waals surface area contributed by atoms with Crippen molar-refractivity contribution >= 4 is 32.7 Å². The molecule has 0 unspecified atom stereocenters. The van der Waals surface area contributed by atoms with Crippen LogP contribution >= 0.6 is 15.9 Å². The summed E-state index contributed by atoms with van der Waals surface area (Å²) in [4.78, 5) is 7.74. The maximum Gasteiger partial charge on any atom is 0.272 e. The Morgan fingerprint density at radius 1 is 1.04 bits per heavy atom. The van der Waals surface area contributed by atoms with Crippen LogP contribution in [0.3, 0.4) is 0 Å². The van der Waals surface area contributed by atoms with Crippen LogP contribution in [0.2, 0.25) is 0 Å². The number of aromatic amines is 1. The van der Waals surface area contributed by atoms with Crippen molar-refractivity contribution in [1.29, 1.82) is 0 Å². The first-order valence-corrected chi connectivity index (χ1v) is 9.49. The van der Waals surface area contributed by atoms with Crippen LogP contribution in [0.5, 0.6) is 5.75 Å². The number of H-pyrrole nitrogens is 1. The quantitative estimate of drug-likeness (QED) is 0.486. The highest BCUT2D eigenvalue weighted by Gasteiger charge is 2.24. The van der Waals surface area contributed by atoms with Crippen LogP contribution in [0.25, 0.3) is 10.9 Å². The van der Waals surface area contributed by atoms with Gasteiger partial charge in [-0.15, -0.1) is 0 Å². The van der Waals surface area contributed by atoms with E-state index in [1.54, 1.807) is 0 Å². The zero-order valence-electron chi connectivity index (χ0n) is 14.8. The molecule has 0 saturated heterocycles. The molecule has 0 radical (unpaired) electrons. The Labute approximate surface area is 166 Å². The second-order valence-electron chi connectivity index (χ2n) is 6.44. The molecule has 0 aliphatic carbocycles. The predicted molar refractivity (Wildman–Crippen MR) is 111 cm³/mol. The van der Waals surface area contributed by atoms with Gasteiger partial charge in [0.25, 0.3) is 5.82 Å². The summed E-state index contributed by atoms with van der Waals surface area (Å²) in [5.74, 6) is 1.06. The van der Waals surface area contributed by atoms with E-state index >= 15 is 0 Å². The van der Waals surface area contributed by atoms with Crippen molar-refractivity contribution in [2.24, 2.45) is 0 Å². The zero-order chi connectivity index (χ0) is 18.8. The van der Waals surface area contributed by atoms with Gasteiger partial charge < -0.3 is 5.11 Å². The third-order valence-electron chi connectivity index (χ3n) is 4.51. The monoisotopic (exact) mass is 420 g/mol. The number of hydrogen-bond donors (Lipinski definition) is 2. The van der Waals surface area contributed by atoms with E-state index in [2.05, 4.69) is 31.2 Å². The van der Waals surface area contributed by atoms with Crippen LogP contribution in [0.15, 0.2) is 77.4 Å². The summed E-state index contributed by atoms with van der Waals surface area (Å²) in [5, 5.41) is 15.4. The Bertz CT molecular complexity index is 1100. The molecule has 0 bridgehead atoms. The SMILES string of the molecule is Cc1ccc2ccc([C@H](Nc3cccc[nH+]3)c3cccc(Br)c3)c(O)c2n1. The summed E-state index contributed by atoms with van der Waals surface area (Å²) in [5.41, 5.74) is 3.30. The van der Waals surface area contributed by atoms with Crippen molar-refractivity contribution in [3.8, 4) is 5.75 Å². The number of aryl methyl sites for hydroxylation is 1. The van der Waals surface area contributed by atoms with Crippen LogP contribution in [0.1, 0.15) is 22.9 Å². The molecule has 0 aliphatic heterocycles. The summed E-state index contributed by atoms with van der Waals surface area (Å²) in [7, 11) is 0. The summed E-state index contributed by atoms with van der Waals surface area (Å²) in [6.45, 7) is 1.93. The predicted octanol–water partition coefficient (Wildman–Crippen LogP) is 5.03. The topological polar surface area (TPSA) is 59.3 Å². The molecule has 2 heterocycles.